The predicted molar refractivity (Wildman–Crippen MR) is 71.6 cm³/mol. The second kappa shape index (κ2) is 6.60. The van der Waals surface area contributed by atoms with Crippen molar-refractivity contribution in [3.05, 3.63) is 71.8 Å². The lowest BCUT2D eigenvalue weighted by atomic mass is 9.99. The number of rotatable bonds is 4. The monoisotopic (exact) mass is 312 g/mol. The van der Waals surface area contributed by atoms with Crippen molar-refractivity contribution >= 4 is 5.97 Å². The molecule has 0 aliphatic carbocycles. The van der Waals surface area contributed by atoms with Crippen molar-refractivity contribution in [3.8, 4) is 0 Å². The summed E-state index contributed by atoms with van der Waals surface area (Å²) in [6.07, 6.45) is -8.75. The molecule has 0 heterocycles. The zero-order chi connectivity index (χ0) is 16.2. The zero-order valence-corrected chi connectivity index (χ0v) is 11.3. The average molecular weight is 312 g/mol. The van der Waals surface area contributed by atoms with Gasteiger partial charge in [-0.15, -0.1) is 0 Å². The number of esters is 1. The Hall–Kier alpha value is -2.37. The van der Waals surface area contributed by atoms with Crippen molar-refractivity contribution in [1.29, 1.82) is 0 Å². The maximum atomic E-state index is 14.6. The molecule has 0 aliphatic heterocycles. The predicted octanol–water partition coefficient (Wildman–Crippen LogP) is 4.54. The van der Waals surface area contributed by atoms with Crippen LogP contribution < -0.4 is 0 Å². The van der Waals surface area contributed by atoms with Crippen LogP contribution in [-0.4, -0.2) is 12.1 Å². The fourth-order valence-corrected chi connectivity index (χ4v) is 1.93. The lowest BCUT2D eigenvalue weighted by Gasteiger charge is -2.22. The molecule has 0 aliphatic rings. The molecule has 0 bridgehead atoms. The van der Waals surface area contributed by atoms with Crippen LogP contribution in [0.3, 0.4) is 0 Å². The third kappa shape index (κ3) is 3.84. The zero-order valence-electron chi connectivity index (χ0n) is 11.3. The Morgan fingerprint density at radius 2 is 1.32 bits per heavy atom. The van der Waals surface area contributed by atoms with Gasteiger partial charge in [0.05, 0.1) is 0 Å². The molecule has 2 atom stereocenters. The van der Waals surface area contributed by atoms with Crippen molar-refractivity contribution < 1.29 is 27.1 Å². The van der Waals surface area contributed by atoms with E-state index in [1.807, 2.05) is 0 Å². The quantitative estimate of drug-likeness (QED) is 0.612. The highest BCUT2D eigenvalue weighted by Crippen LogP contribution is 2.36. The number of benzene rings is 2. The Bertz CT molecular complexity index is 611. The highest BCUT2D eigenvalue weighted by atomic mass is 19.4. The van der Waals surface area contributed by atoms with E-state index in [1.165, 1.54) is 36.4 Å². The molecule has 0 unspecified atom stereocenters. The summed E-state index contributed by atoms with van der Waals surface area (Å²) in [7, 11) is 0. The van der Waals surface area contributed by atoms with Gasteiger partial charge in [0.25, 0.3) is 0 Å². The van der Waals surface area contributed by atoms with E-state index < -0.39 is 24.4 Å². The van der Waals surface area contributed by atoms with Crippen molar-refractivity contribution in [2.24, 2.45) is 0 Å². The van der Waals surface area contributed by atoms with Crippen LogP contribution in [0.25, 0.3) is 0 Å². The molecule has 0 saturated heterocycles. The lowest BCUT2D eigenvalue weighted by molar-refractivity contribution is -0.208. The molecule has 2 aromatic rings. The molecule has 2 nitrogen and oxygen atoms in total. The fourth-order valence-electron chi connectivity index (χ4n) is 1.93. The summed E-state index contributed by atoms with van der Waals surface area (Å²) in [5, 5.41) is 0. The molecule has 0 fully saturated rings. The Labute approximate surface area is 124 Å². The van der Waals surface area contributed by atoms with Crippen molar-refractivity contribution in [2.45, 2.75) is 18.5 Å². The number of carbonyl (C=O) groups excluding carboxylic acids is 1. The van der Waals surface area contributed by atoms with E-state index in [0.29, 0.717) is 0 Å². The molecule has 2 rings (SSSR count). The molecule has 0 saturated carbocycles. The number of carbonyl (C=O) groups is 1. The third-order valence-electron chi connectivity index (χ3n) is 2.98. The van der Waals surface area contributed by atoms with Gasteiger partial charge in [-0.1, -0.05) is 60.7 Å². The maximum absolute atomic E-state index is 14.6. The third-order valence-corrected chi connectivity index (χ3v) is 2.98. The molecule has 2 aromatic carbocycles. The van der Waals surface area contributed by atoms with Crippen LogP contribution in [0.15, 0.2) is 60.7 Å². The smallest absolute Gasteiger partial charge is 0.447 e. The molecule has 0 aromatic heterocycles. The van der Waals surface area contributed by atoms with Gasteiger partial charge in [0.15, 0.2) is 12.3 Å². The van der Waals surface area contributed by atoms with Gasteiger partial charge in [0.2, 0.25) is 0 Å². The Balaban J connectivity index is 2.32. The van der Waals surface area contributed by atoms with E-state index >= 15 is 0 Å². The van der Waals surface area contributed by atoms with E-state index in [1.54, 1.807) is 24.3 Å². The summed E-state index contributed by atoms with van der Waals surface area (Å²) in [6, 6.07) is 15.1. The second-order valence-corrected chi connectivity index (χ2v) is 4.55. The molecule has 6 heteroatoms. The molecule has 0 radical (unpaired) electrons. The Morgan fingerprint density at radius 1 is 0.864 bits per heavy atom. The van der Waals surface area contributed by atoms with Gasteiger partial charge in [0, 0.05) is 0 Å². The normalized spacial score (nSPS) is 14.2. The van der Waals surface area contributed by atoms with Gasteiger partial charge >= 0.3 is 12.1 Å². The first kappa shape index (κ1) is 16.0. The number of halogens is 4. The summed E-state index contributed by atoms with van der Waals surface area (Å²) < 4.78 is 56.1. The minimum absolute atomic E-state index is 0.131. The van der Waals surface area contributed by atoms with Gasteiger partial charge < -0.3 is 4.74 Å². The minimum Gasteiger partial charge on any atom is -0.447 e. The van der Waals surface area contributed by atoms with Crippen LogP contribution in [0.5, 0.6) is 0 Å². The molecular formula is C16H12F4O2. The first-order chi connectivity index (χ1) is 10.4. The highest BCUT2D eigenvalue weighted by Gasteiger charge is 2.44. The van der Waals surface area contributed by atoms with Crippen molar-refractivity contribution in [1.82, 2.24) is 0 Å². The van der Waals surface area contributed by atoms with E-state index in [2.05, 4.69) is 4.74 Å². The van der Waals surface area contributed by atoms with Crippen LogP contribution in [0.2, 0.25) is 0 Å². The number of hydrogen-bond donors (Lipinski definition) is 0. The highest BCUT2D eigenvalue weighted by molar-refractivity contribution is 5.76. The van der Waals surface area contributed by atoms with Gasteiger partial charge in [-0.05, 0) is 11.1 Å². The SMILES string of the molecule is O=C(O[C@@H](c1ccccc1)[C@@H](F)c1ccccc1)C(F)(F)F. The van der Waals surface area contributed by atoms with Gasteiger partial charge in [-0.25, -0.2) is 9.18 Å². The van der Waals surface area contributed by atoms with Crippen LogP contribution in [0, 0.1) is 0 Å². The average Bonchev–Trinajstić information content (AvgIpc) is 2.52. The van der Waals surface area contributed by atoms with Crippen LogP contribution in [0.4, 0.5) is 17.6 Å². The molecular weight excluding hydrogens is 300 g/mol. The van der Waals surface area contributed by atoms with E-state index in [0.717, 1.165) is 0 Å². The first-order valence-electron chi connectivity index (χ1n) is 6.41. The van der Waals surface area contributed by atoms with Crippen LogP contribution in [0.1, 0.15) is 23.4 Å². The lowest BCUT2D eigenvalue weighted by Crippen LogP contribution is -2.28. The van der Waals surface area contributed by atoms with E-state index in [-0.39, 0.29) is 11.1 Å². The van der Waals surface area contributed by atoms with Crippen LogP contribution in [-0.2, 0) is 9.53 Å². The summed E-state index contributed by atoms with van der Waals surface area (Å²) in [5.41, 5.74) is 0.280. The van der Waals surface area contributed by atoms with Gasteiger partial charge in [0.1, 0.15) is 0 Å². The van der Waals surface area contributed by atoms with Crippen molar-refractivity contribution in [2.75, 3.05) is 0 Å². The molecule has 0 N–H and O–H groups in total. The number of alkyl halides is 4. The maximum Gasteiger partial charge on any atom is 0.490 e. The molecule has 0 spiro atoms. The first-order valence-corrected chi connectivity index (χ1v) is 6.41. The summed E-state index contributed by atoms with van der Waals surface area (Å²) in [5.74, 6) is -2.42. The topological polar surface area (TPSA) is 26.3 Å². The molecule has 22 heavy (non-hydrogen) atoms. The summed E-state index contributed by atoms with van der Waals surface area (Å²) in [4.78, 5) is 11.1. The fraction of sp³-hybridized carbons (Fsp3) is 0.188. The Morgan fingerprint density at radius 3 is 1.77 bits per heavy atom. The Kier molecular flexibility index (Phi) is 4.80. The largest absolute Gasteiger partial charge is 0.490 e. The van der Waals surface area contributed by atoms with Crippen LogP contribution >= 0.6 is 0 Å². The van der Waals surface area contributed by atoms with Gasteiger partial charge in [-0.3, -0.25) is 0 Å². The molecule has 116 valence electrons. The second-order valence-electron chi connectivity index (χ2n) is 4.55. The standard InChI is InChI=1S/C16H12F4O2/c17-13(11-7-3-1-4-8-11)14(12-9-5-2-6-10-12)22-15(21)16(18,19)20/h1-10,13-14H/t13-,14-/m0/s1. The van der Waals surface area contributed by atoms with Crippen molar-refractivity contribution in [3.63, 3.8) is 0 Å². The van der Waals surface area contributed by atoms with Gasteiger partial charge in [-0.2, -0.15) is 13.2 Å². The van der Waals surface area contributed by atoms with E-state index in [9.17, 15) is 22.4 Å². The molecule has 0 amide bonds. The summed E-state index contributed by atoms with van der Waals surface area (Å²) in [6.45, 7) is 0. The number of hydrogen-bond acceptors (Lipinski definition) is 2. The number of ether oxygens (including phenoxy) is 1. The van der Waals surface area contributed by atoms with E-state index in [4.69, 9.17) is 0 Å². The summed E-state index contributed by atoms with van der Waals surface area (Å²) >= 11 is 0. The minimum atomic E-state index is -5.18.